The number of benzene rings is 1. The van der Waals surface area contributed by atoms with Crippen molar-refractivity contribution in [1.29, 1.82) is 0 Å². The second-order valence-electron chi connectivity index (χ2n) is 3.50. The molecule has 0 aliphatic rings. The first-order chi connectivity index (χ1) is 8.27. The Balaban J connectivity index is 3.13. The Kier molecular flexibility index (Phi) is 4.86. The second-order valence-corrected chi connectivity index (χ2v) is 4.79. The molecule has 7 heteroatoms. The van der Waals surface area contributed by atoms with Gasteiger partial charge in [-0.1, -0.05) is 18.3 Å². The van der Waals surface area contributed by atoms with Crippen molar-refractivity contribution in [2.24, 2.45) is 5.73 Å². The van der Waals surface area contributed by atoms with E-state index in [1.807, 2.05) is 0 Å². The minimum atomic E-state index is -4.43. The molecule has 1 aromatic rings. The number of nitrogens with two attached hydrogens (primary N) is 1. The Labute approximate surface area is 113 Å². The van der Waals surface area contributed by atoms with E-state index < -0.39 is 12.3 Å². The highest BCUT2D eigenvalue weighted by Gasteiger charge is 2.38. The number of hydrogen-bond donors (Lipinski definition) is 1. The smallest absolute Gasteiger partial charge is 0.425 e. The summed E-state index contributed by atoms with van der Waals surface area (Å²) in [6, 6.07) is 4.76. The lowest BCUT2D eigenvalue weighted by molar-refractivity contribution is -0.189. The normalized spacial score (nSPS) is 13.2. The summed E-state index contributed by atoms with van der Waals surface area (Å²) in [5, 5.41) is 0. The second kappa shape index (κ2) is 5.79. The highest BCUT2D eigenvalue weighted by Crippen LogP contribution is 2.32. The first kappa shape index (κ1) is 15.1. The number of halogens is 3. The third kappa shape index (κ3) is 3.52. The van der Waals surface area contributed by atoms with E-state index in [2.05, 4.69) is 0 Å². The van der Waals surface area contributed by atoms with Gasteiger partial charge >= 0.3 is 6.18 Å². The Bertz CT molecular complexity index is 448. The number of alkyl halides is 3. The maximum Gasteiger partial charge on any atom is 0.425 e. The van der Waals surface area contributed by atoms with E-state index in [1.165, 1.54) is 17.8 Å². The fourth-order valence-electron chi connectivity index (χ4n) is 1.28. The average molecular weight is 295 g/mol. The molecule has 2 nitrogen and oxygen atoms in total. The number of thiocarbonyl (C=S) groups is 1. The maximum atomic E-state index is 12.5. The summed E-state index contributed by atoms with van der Waals surface area (Å²) in [5.74, 6) is 0.0548. The van der Waals surface area contributed by atoms with Crippen molar-refractivity contribution in [1.82, 2.24) is 0 Å². The predicted molar refractivity (Wildman–Crippen MR) is 70.3 cm³/mol. The van der Waals surface area contributed by atoms with Gasteiger partial charge in [-0.25, -0.2) is 0 Å². The van der Waals surface area contributed by atoms with Crippen LogP contribution < -0.4 is 10.5 Å². The molecule has 1 aromatic carbocycles. The molecule has 0 bridgehead atoms. The molecule has 1 rings (SSSR count). The fourth-order valence-corrected chi connectivity index (χ4v) is 2.18. The lowest BCUT2D eigenvalue weighted by Gasteiger charge is -2.20. The summed E-state index contributed by atoms with van der Waals surface area (Å²) in [6.07, 6.45) is -4.56. The van der Waals surface area contributed by atoms with Gasteiger partial charge in [-0.05, 0) is 25.3 Å². The van der Waals surface area contributed by atoms with Crippen molar-refractivity contribution in [2.75, 3.05) is 6.26 Å². The molecule has 18 heavy (non-hydrogen) atoms. The molecule has 0 saturated heterocycles. The van der Waals surface area contributed by atoms with Crippen LogP contribution in [0.15, 0.2) is 23.1 Å². The van der Waals surface area contributed by atoms with Gasteiger partial charge in [0.05, 0.1) is 5.56 Å². The zero-order valence-electron chi connectivity index (χ0n) is 9.75. The number of hydrogen-bond acceptors (Lipinski definition) is 3. The van der Waals surface area contributed by atoms with Crippen molar-refractivity contribution < 1.29 is 17.9 Å². The predicted octanol–water partition coefficient (Wildman–Crippen LogP) is 3.37. The van der Waals surface area contributed by atoms with Crippen LogP contribution in [-0.2, 0) is 0 Å². The van der Waals surface area contributed by atoms with Crippen molar-refractivity contribution >= 4 is 29.0 Å². The Morgan fingerprint density at radius 2 is 2.06 bits per heavy atom. The van der Waals surface area contributed by atoms with Crippen LogP contribution >= 0.6 is 24.0 Å². The largest absolute Gasteiger partial charge is 0.480 e. The van der Waals surface area contributed by atoms with Gasteiger partial charge in [0, 0.05) is 4.90 Å². The molecule has 2 N–H and O–H groups in total. The van der Waals surface area contributed by atoms with E-state index in [1.54, 1.807) is 18.4 Å². The van der Waals surface area contributed by atoms with Crippen LogP contribution in [0.5, 0.6) is 5.75 Å². The van der Waals surface area contributed by atoms with Crippen LogP contribution in [0, 0.1) is 0 Å². The molecule has 0 saturated carbocycles. The highest BCUT2D eigenvalue weighted by atomic mass is 32.2. The Morgan fingerprint density at radius 1 is 1.44 bits per heavy atom. The minimum absolute atomic E-state index is 0.0179. The van der Waals surface area contributed by atoms with Gasteiger partial charge in [-0.15, -0.1) is 11.8 Å². The van der Waals surface area contributed by atoms with E-state index in [9.17, 15) is 13.2 Å². The van der Waals surface area contributed by atoms with Gasteiger partial charge in [-0.3, -0.25) is 0 Å². The molecule has 0 heterocycles. The van der Waals surface area contributed by atoms with E-state index in [0.717, 1.165) is 6.92 Å². The van der Waals surface area contributed by atoms with Gasteiger partial charge in [0.2, 0.25) is 0 Å². The first-order valence-electron chi connectivity index (χ1n) is 4.97. The van der Waals surface area contributed by atoms with Gasteiger partial charge in [0.25, 0.3) is 0 Å². The summed E-state index contributed by atoms with van der Waals surface area (Å²) in [4.78, 5) is 0.707. The lowest BCUT2D eigenvalue weighted by atomic mass is 10.2. The molecule has 0 radical (unpaired) electrons. The van der Waals surface area contributed by atoms with E-state index in [-0.39, 0.29) is 10.7 Å². The number of rotatable bonds is 4. The monoisotopic (exact) mass is 295 g/mol. The van der Waals surface area contributed by atoms with Crippen LogP contribution in [0.4, 0.5) is 13.2 Å². The minimum Gasteiger partial charge on any atom is -0.480 e. The molecule has 1 atom stereocenters. The zero-order valence-corrected chi connectivity index (χ0v) is 11.4. The van der Waals surface area contributed by atoms with Crippen LogP contribution in [0.2, 0.25) is 0 Å². The molecule has 0 spiro atoms. The summed E-state index contributed by atoms with van der Waals surface area (Å²) >= 11 is 6.20. The van der Waals surface area contributed by atoms with Gasteiger partial charge < -0.3 is 10.5 Å². The SMILES string of the molecule is CSc1cccc(OC(C)C(F)(F)F)c1C(N)=S. The van der Waals surface area contributed by atoms with Crippen LogP contribution in [0.3, 0.4) is 0 Å². The van der Waals surface area contributed by atoms with Crippen molar-refractivity contribution in [3.8, 4) is 5.75 Å². The summed E-state index contributed by atoms with van der Waals surface area (Å²) in [5.41, 5.74) is 5.88. The van der Waals surface area contributed by atoms with E-state index >= 15 is 0 Å². The first-order valence-corrected chi connectivity index (χ1v) is 6.60. The highest BCUT2D eigenvalue weighted by molar-refractivity contribution is 7.98. The standard InChI is InChI=1S/C11H12F3NOS2/c1-6(11(12,13)14)16-7-4-3-5-8(18-2)9(7)10(15)17/h3-6H,1-2H3,(H2,15,17). The summed E-state index contributed by atoms with van der Waals surface area (Å²) < 4.78 is 42.3. The average Bonchev–Trinajstić information content (AvgIpc) is 2.26. The quantitative estimate of drug-likeness (QED) is 0.682. The van der Waals surface area contributed by atoms with Gasteiger partial charge in [0.15, 0.2) is 6.10 Å². The third-order valence-electron chi connectivity index (χ3n) is 2.22. The van der Waals surface area contributed by atoms with Crippen LogP contribution in [-0.4, -0.2) is 23.5 Å². The molecule has 0 aliphatic heterocycles. The molecule has 0 aliphatic carbocycles. The molecule has 0 aromatic heterocycles. The van der Waals surface area contributed by atoms with Crippen molar-refractivity contribution in [3.05, 3.63) is 23.8 Å². The maximum absolute atomic E-state index is 12.5. The van der Waals surface area contributed by atoms with E-state index in [4.69, 9.17) is 22.7 Å². The Morgan fingerprint density at radius 3 is 2.50 bits per heavy atom. The lowest BCUT2D eigenvalue weighted by Crippen LogP contribution is -2.32. The van der Waals surface area contributed by atoms with E-state index in [0.29, 0.717) is 10.5 Å². The molecule has 0 amide bonds. The van der Waals surface area contributed by atoms with Crippen LogP contribution in [0.1, 0.15) is 12.5 Å². The number of thioether (sulfide) groups is 1. The fraction of sp³-hybridized carbons (Fsp3) is 0.364. The van der Waals surface area contributed by atoms with Gasteiger partial charge in [-0.2, -0.15) is 13.2 Å². The summed E-state index contributed by atoms with van der Waals surface area (Å²) in [6.45, 7) is 0.940. The molecule has 100 valence electrons. The third-order valence-corrected chi connectivity index (χ3v) is 3.20. The zero-order chi connectivity index (χ0) is 13.9. The molecule has 1 unspecified atom stereocenters. The van der Waals surface area contributed by atoms with Gasteiger partial charge in [0.1, 0.15) is 10.7 Å². The number of ether oxygens (including phenoxy) is 1. The molecular weight excluding hydrogens is 283 g/mol. The van der Waals surface area contributed by atoms with Crippen molar-refractivity contribution in [2.45, 2.75) is 24.1 Å². The summed E-state index contributed by atoms with van der Waals surface area (Å²) in [7, 11) is 0. The molecule has 0 fully saturated rings. The topological polar surface area (TPSA) is 35.2 Å². The van der Waals surface area contributed by atoms with Crippen LogP contribution in [0.25, 0.3) is 0 Å². The molecular formula is C11H12F3NOS2. The Hall–Kier alpha value is -0.950. The van der Waals surface area contributed by atoms with Crippen molar-refractivity contribution in [3.63, 3.8) is 0 Å².